The first-order chi connectivity index (χ1) is 11.9. The van der Waals surface area contributed by atoms with E-state index in [1.165, 1.54) is 0 Å². The zero-order valence-corrected chi connectivity index (χ0v) is 14.9. The molecule has 0 radical (unpaired) electrons. The summed E-state index contributed by atoms with van der Waals surface area (Å²) in [4.78, 5) is 6.57. The van der Waals surface area contributed by atoms with Crippen LogP contribution in [0.5, 0.6) is 0 Å². The van der Waals surface area contributed by atoms with Gasteiger partial charge in [0.1, 0.15) is 17.7 Å². The average Bonchev–Trinajstić information content (AvgIpc) is 3.20. The normalized spacial score (nSPS) is 18.9. The van der Waals surface area contributed by atoms with Crippen LogP contribution in [0.1, 0.15) is 44.3 Å². The fraction of sp³-hybridized carbons (Fsp3) is 0.562. The molecule has 132 valence electrons. The van der Waals surface area contributed by atoms with Gasteiger partial charge in [-0.15, -0.1) is 15.3 Å². The molecule has 0 aromatic carbocycles. The number of anilines is 1. The van der Waals surface area contributed by atoms with Gasteiger partial charge in [-0.1, -0.05) is 20.8 Å². The van der Waals surface area contributed by atoms with Crippen molar-refractivity contribution in [2.45, 2.75) is 39.2 Å². The molecule has 1 aliphatic rings. The second-order valence-corrected chi connectivity index (χ2v) is 7.32. The quantitative estimate of drug-likeness (QED) is 0.752. The van der Waals surface area contributed by atoms with Crippen LogP contribution in [0.2, 0.25) is 0 Å². The molecule has 4 heterocycles. The van der Waals surface area contributed by atoms with Crippen LogP contribution in [-0.2, 0) is 10.2 Å². The lowest BCUT2D eigenvalue weighted by Crippen LogP contribution is -2.39. The Morgan fingerprint density at radius 2 is 2.08 bits per heavy atom. The van der Waals surface area contributed by atoms with Gasteiger partial charge in [-0.3, -0.25) is 5.10 Å². The molecule has 0 unspecified atom stereocenters. The molecule has 0 bridgehead atoms. The number of ether oxygens (including phenoxy) is 1. The van der Waals surface area contributed by atoms with Crippen molar-refractivity contribution >= 4 is 11.5 Å². The summed E-state index contributed by atoms with van der Waals surface area (Å²) < 4.78 is 7.66. The number of rotatable bonds is 2. The minimum absolute atomic E-state index is 0.130. The van der Waals surface area contributed by atoms with Gasteiger partial charge in [0, 0.05) is 12.0 Å². The van der Waals surface area contributed by atoms with Gasteiger partial charge in [-0.05, 0) is 19.1 Å². The van der Waals surface area contributed by atoms with E-state index in [0.717, 1.165) is 29.7 Å². The number of morpholine rings is 1. The summed E-state index contributed by atoms with van der Waals surface area (Å²) in [6, 6.07) is 3.92. The lowest BCUT2D eigenvalue weighted by Gasteiger charge is -2.32. The van der Waals surface area contributed by atoms with Gasteiger partial charge in [0.25, 0.3) is 0 Å². The van der Waals surface area contributed by atoms with Crippen LogP contribution in [-0.4, -0.2) is 54.7 Å². The lowest BCUT2D eigenvalue weighted by atomic mass is 9.96. The van der Waals surface area contributed by atoms with E-state index in [0.29, 0.717) is 19.0 Å². The molecular weight excluding hydrogens is 320 g/mol. The molecule has 0 saturated carbocycles. The molecule has 1 fully saturated rings. The van der Waals surface area contributed by atoms with Gasteiger partial charge in [-0.25, -0.2) is 4.98 Å². The van der Waals surface area contributed by atoms with E-state index in [1.54, 1.807) is 0 Å². The Hall–Kier alpha value is -2.55. The van der Waals surface area contributed by atoms with Crippen LogP contribution >= 0.6 is 0 Å². The predicted molar refractivity (Wildman–Crippen MR) is 91.5 cm³/mol. The molecule has 25 heavy (non-hydrogen) atoms. The minimum Gasteiger partial charge on any atom is -0.366 e. The summed E-state index contributed by atoms with van der Waals surface area (Å²) in [7, 11) is 0. The zero-order chi connectivity index (χ0) is 17.6. The van der Waals surface area contributed by atoms with E-state index in [4.69, 9.17) is 9.84 Å². The van der Waals surface area contributed by atoms with E-state index in [2.05, 4.69) is 51.0 Å². The Labute approximate surface area is 145 Å². The first-order valence-corrected chi connectivity index (χ1v) is 8.40. The molecule has 0 aliphatic carbocycles. The van der Waals surface area contributed by atoms with Gasteiger partial charge in [-0.2, -0.15) is 9.61 Å². The molecule has 1 N–H and O–H groups in total. The largest absolute Gasteiger partial charge is 0.366 e. The van der Waals surface area contributed by atoms with E-state index in [9.17, 15) is 0 Å². The Morgan fingerprint density at radius 1 is 1.24 bits per heavy atom. The molecule has 1 atom stereocenters. The van der Waals surface area contributed by atoms with Crippen molar-refractivity contribution in [2.24, 2.45) is 0 Å². The van der Waals surface area contributed by atoms with Crippen molar-refractivity contribution in [1.29, 1.82) is 0 Å². The summed E-state index contributed by atoms with van der Waals surface area (Å²) in [6.07, 6.45) is -0.167. The zero-order valence-electron chi connectivity index (χ0n) is 14.9. The predicted octanol–water partition coefficient (Wildman–Crippen LogP) is 1.43. The number of nitrogens with one attached hydrogen (secondary N) is 1. The fourth-order valence-corrected chi connectivity index (χ4v) is 2.93. The van der Waals surface area contributed by atoms with Gasteiger partial charge in [0.05, 0.1) is 13.2 Å². The van der Waals surface area contributed by atoms with Crippen LogP contribution in [0.15, 0.2) is 12.1 Å². The topological polar surface area (TPSA) is 97.1 Å². The maximum Gasteiger partial charge on any atom is 0.181 e. The molecule has 1 aliphatic heterocycles. The highest BCUT2D eigenvalue weighted by molar-refractivity contribution is 5.46. The summed E-state index contributed by atoms with van der Waals surface area (Å²) in [5.74, 6) is 3.19. The highest BCUT2D eigenvalue weighted by Crippen LogP contribution is 2.25. The second-order valence-electron chi connectivity index (χ2n) is 7.32. The maximum atomic E-state index is 5.83. The number of aromatic amines is 1. The molecule has 3 aromatic heterocycles. The smallest absolute Gasteiger partial charge is 0.181 e. The highest BCUT2D eigenvalue weighted by Gasteiger charge is 2.27. The Morgan fingerprint density at radius 3 is 2.80 bits per heavy atom. The fourth-order valence-electron chi connectivity index (χ4n) is 2.93. The summed E-state index contributed by atoms with van der Waals surface area (Å²) in [6.45, 7) is 10.2. The molecule has 1 saturated heterocycles. The van der Waals surface area contributed by atoms with Gasteiger partial charge < -0.3 is 9.64 Å². The number of aromatic nitrogens is 7. The average molecular weight is 342 g/mol. The van der Waals surface area contributed by atoms with Gasteiger partial charge in [0.15, 0.2) is 17.3 Å². The van der Waals surface area contributed by atoms with Crippen molar-refractivity contribution in [3.05, 3.63) is 29.6 Å². The number of hydrogen-bond acceptors (Lipinski definition) is 7. The molecule has 9 heteroatoms. The Kier molecular flexibility index (Phi) is 3.68. The van der Waals surface area contributed by atoms with Crippen molar-refractivity contribution in [1.82, 2.24) is 35.0 Å². The van der Waals surface area contributed by atoms with Gasteiger partial charge in [0.2, 0.25) is 0 Å². The molecule has 0 amide bonds. The number of nitrogens with zero attached hydrogens (tertiary/aromatic N) is 7. The minimum atomic E-state index is -0.167. The summed E-state index contributed by atoms with van der Waals surface area (Å²) in [5, 5.41) is 20.4. The third-order valence-corrected chi connectivity index (χ3v) is 4.21. The van der Waals surface area contributed by atoms with E-state index in [1.807, 2.05) is 23.6 Å². The van der Waals surface area contributed by atoms with E-state index < -0.39 is 0 Å². The van der Waals surface area contributed by atoms with Crippen molar-refractivity contribution < 1.29 is 4.74 Å². The summed E-state index contributed by atoms with van der Waals surface area (Å²) in [5.41, 5.74) is 0.623. The molecule has 0 spiro atoms. The van der Waals surface area contributed by atoms with E-state index >= 15 is 0 Å². The van der Waals surface area contributed by atoms with E-state index in [-0.39, 0.29) is 11.5 Å². The Balaban J connectivity index is 1.64. The molecular formula is C16H22N8O. The monoisotopic (exact) mass is 342 g/mol. The van der Waals surface area contributed by atoms with Gasteiger partial charge >= 0.3 is 0 Å². The third-order valence-electron chi connectivity index (χ3n) is 4.21. The van der Waals surface area contributed by atoms with Crippen LogP contribution in [0.3, 0.4) is 0 Å². The number of hydrogen-bond donors (Lipinski definition) is 1. The third kappa shape index (κ3) is 2.95. The first-order valence-electron chi connectivity index (χ1n) is 8.40. The van der Waals surface area contributed by atoms with Crippen molar-refractivity contribution in [2.75, 3.05) is 24.6 Å². The molecule has 3 aromatic rings. The molecule has 9 nitrogen and oxygen atoms in total. The Bertz CT molecular complexity index is 893. The first kappa shape index (κ1) is 15.9. The van der Waals surface area contributed by atoms with Crippen LogP contribution in [0.4, 0.5) is 5.82 Å². The van der Waals surface area contributed by atoms with Crippen LogP contribution in [0, 0.1) is 6.92 Å². The van der Waals surface area contributed by atoms with Crippen molar-refractivity contribution in [3.8, 4) is 0 Å². The highest BCUT2D eigenvalue weighted by atomic mass is 16.5. The maximum absolute atomic E-state index is 5.83. The number of H-pyrrole nitrogens is 1. The molecule has 4 rings (SSSR count). The SMILES string of the molecule is Cc1nc([C@@H]2CN(c3ccc4nnc(C(C)(C)C)n4n3)CCO2)n[nH]1. The lowest BCUT2D eigenvalue weighted by molar-refractivity contribution is 0.0339. The van der Waals surface area contributed by atoms with Crippen LogP contribution < -0.4 is 4.90 Å². The van der Waals surface area contributed by atoms with Crippen LogP contribution in [0.25, 0.3) is 5.65 Å². The standard InChI is InChI=1S/C16H22N8O/c1-10-17-14(20-18-10)11-9-23(7-8-25-11)13-6-5-12-19-21-15(16(2,3)4)24(12)22-13/h5-6,11H,7-9H2,1-4H3,(H,17,18,20)/t11-/m0/s1. The number of fused-ring (bicyclic) bond motifs is 1. The summed E-state index contributed by atoms with van der Waals surface area (Å²) >= 11 is 0. The number of aryl methyl sites for hydroxylation is 1. The second kappa shape index (κ2) is 5.76. The van der Waals surface area contributed by atoms with Crippen molar-refractivity contribution in [3.63, 3.8) is 0 Å².